The molecule has 20 heavy (non-hydrogen) atoms. The molecule has 110 valence electrons. The molecule has 4 aliphatic carbocycles. The monoisotopic (exact) mass is 274 g/mol. The van der Waals surface area contributed by atoms with Gasteiger partial charge >= 0.3 is 5.97 Å². The summed E-state index contributed by atoms with van der Waals surface area (Å²) in [5.74, 6) is 2.74. The Balaban J connectivity index is 1.68. The second kappa shape index (κ2) is 4.61. The zero-order valence-electron chi connectivity index (χ0n) is 12.3. The lowest BCUT2D eigenvalue weighted by Crippen LogP contribution is -2.53. The Morgan fingerprint density at radius 3 is 2.70 bits per heavy atom. The average Bonchev–Trinajstić information content (AvgIpc) is 2.92. The van der Waals surface area contributed by atoms with Crippen molar-refractivity contribution in [1.82, 2.24) is 0 Å². The highest BCUT2D eigenvalue weighted by molar-refractivity contribution is 5.77. The smallest absolute Gasteiger partial charge is 0.310 e. The molecule has 4 aliphatic rings. The highest BCUT2D eigenvalue weighted by Crippen LogP contribution is 2.62. The Labute approximate surface area is 121 Å². The Kier molecular flexibility index (Phi) is 2.98. The number of hydrogen-bond acceptors (Lipinski definition) is 1. The van der Waals surface area contributed by atoms with Crippen LogP contribution >= 0.6 is 0 Å². The Bertz CT molecular complexity index is 441. The summed E-state index contributed by atoms with van der Waals surface area (Å²) < 4.78 is 0. The Hall–Kier alpha value is -0.790. The van der Waals surface area contributed by atoms with Crippen LogP contribution in [0.4, 0.5) is 0 Å². The highest BCUT2D eigenvalue weighted by Gasteiger charge is 2.59. The third-order valence-electron chi connectivity index (χ3n) is 7.24. The van der Waals surface area contributed by atoms with E-state index < -0.39 is 11.4 Å². The molecule has 0 radical (unpaired) electrons. The number of carboxylic acid groups (broad SMARTS) is 1. The number of aliphatic carboxylic acids is 1. The maximum Gasteiger partial charge on any atom is 0.310 e. The lowest BCUT2D eigenvalue weighted by atomic mass is 9.48. The largest absolute Gasteiger partial charge is 0.481 e. The van der Waals surface area contributed by atoms with Gasteiger partial charge in [-0.25, -0.2) is 0 Å². The van der Waals surface area contributed by atoms with Crippen molar-refractivity contribution in [3.05, 3.63) is 12.2 Å². The molecule has 3 saturated carbocycles. The zero-order valence-corrected chi connectivity index (χ0v) is 12.3. The van der Waals surface area contributed by atoms with Gasteiger partial charge in [-0.2, -0.15) is 0 Å². The predicted octanol–water partition coefficient (Wildman–Crippen LogP) is 4.26. The minimum Gasteiger partial charge on any atom is -0.481 e. The van der Waals surface area contributed by atoms with E-state index in [2.05, 4.69) is 12.2 Å². The quantitative estimate of drug-likeness (QED) is 0.725. The van der Waals surface area contributed by atoms with Crippen molar-refractivity contribution in [3.63, 3.8) is 0 Å². The van der Waals surface area contributed by atoms with E-state index in [9.17, 15) is 9.90 Å². The van der Waals surface area contributed by atoms with Gasteiger partial charge in [0.15, 0.2) is 0 Å². The summed E-state index contributed by atoms with van der Waals surface area (Å²) in [6.07, 6.45) is 15.6. The molecule has 1 N–H and O–H groups in total. The summed E-state index contributed by atoms with van der Waals surface area (Å²) in [4.78, 5) is 12.1. The molecule has 0 bridgehead atoms. The standard InChI is InChI=1S/C18H26O2/c19-17(20)18-11-3-5-13(18)8-9-15-14-6-2-1-4-12(14)7-10-16(15)18/h3,5,12-16H,1-2,4,6-11H2,(H,19,20). The maximum absolute atomic E-state index is 12.1. The van der Waals surface area contributed by atoms with Crippen LogP contribution in [0.5, 0.6) is 0 Å². The van der Waals surface area contributed by atoms with Crippen LogP contribution in [0, 0.1) is 35.0 Å². The van der Waals surface area contributed by atoms with E-state index in [1.165, 1.54) is 44.9 Å². The fourth-order valence-electron chi connectivity index (χ4n) is 6.43. The number of rotatable bonds is 1. The zero-order chi connectivity index (χ0) is 13.7. The molecule has 6 atom stereocenters. The minimum absolute atomic E-state index is 0.321. The van der Waals surface area contributed by atoms with E-state index in [1.807, 2.05) is 0 Å². The summed E-state index contributed by atoms with van der Waals surface area (Å²) in [7, 11) is 0. The van der Waals surface area contributed by atoms with Crippen LogP contribution in [0.3, 0.4) is 0 Å². The maximum atomic E-state index is 12.1. The van der Waals surface area contributed by atoms with Gasteiger partial charge < -0.3 is 5.11 Å². The third-order valence-corrected chi connectivity index (χ3v) is 7.24. The molecule has 6 unspecified atom stereocenters. The lowest BCUT2D eigenvalue weighted by Gasteiger charge is -2.55. The van der Waals surface area contributed by atoms with Crippen molar-refractivity contribution in [3.8, 4) is 0 Å². The lowest BCUT2D eigenvalue weighted by molar-refractivity contribution is -0.166. The number of carboxylic acids is 1. The molecule has 2 heteroatoms. The summed E-state index contributed by atoms with van der Waals surface area (Å²) in [6, 6.07) is 0. The first-order valence-electron chi connectivity index (χ1n) is 8.63. The topological polar surface area (TPSA) is 37.3 Å². The number of hydrogen-bond donors (Lipinski definition) is 1. The van der Waals surface area contributed by atoms with Gasteiger partial charge in [0.1, 0.15) is 0 Å². The fourth-order valence-corrected chi connectivity index (χ4v) is 6.43. The van der Waals surface area contributed by atoms with Gasteiger partial charge in [0, 0.05) is 0 Å². The van der Waals surface area contributed by atoms with Crippen LogP contribution in [0.1, 0.15) is 57.8 Å². The molecular weight excluding hydrogens is 248 g/mol. The minimum atomic E-state index is -0.503. The fraction of sp³-hybridized carbons (Fsp3) is 0.833. The molecule has 2 nitrogen and oxygen atoms in total. The van der Waals surface area contributed by atoms with Crippen molar-refractivity contribution in [2.45, 2.75) is 57.8 Å². The van der Waals surface area contributed by atoms with Crippen LogP contribution in [-0.2, 0) is 4.79 Å². The van der Waals surface area contributed by atoms with E-state index in [0.717, 1.165) is 24.7 Å². The van der Waals surface area contributed by atoms with Gasteiger partial charge in [-0.3, -0.25) is 4.79 Å². The van der Waals surface area contributed by atoms with E-state index in [1.54, 1.807) is 0 Å². The molecule has 0 spiro atoms. The first-order chi connectivity index (χ1) is 9.73. The molecule has 0 amide bonds. The molecule has 4 rings (SSSR count). The SMILES string of the molecule is O=C(O)C12CC=CC1CCC1C3CCCCC3CCC12. The highest BCUT2D eigenvalue weighted by atomic mass is 16.4. The van der Waals surface area contributed by atoms with E-state index in [0.29, 0.717) is 17.8 Å². The van der Waals surface area contributed by atoms with Gasteiger partial charge in [0.2, 0.25) is 0 Å². The van der Waals surface area contributed by atoms with E-state index in [-0.39, 0.29) is 0 Å². The Morgan fingerprint density at radius 1 is 1.00 bits per heavy atom. The third kappa shape index (κ3) is 1.60. The molecule has 3 fully saturated rings. The van der Waals surface area contributed by atoms with Gasteiger partial charge in [-0.05, 0) is 68.1 Å². The summed E-state index contributed by atoms with van der Waals surface area (Å²) in [6.45, 7) is 0. The summed E-state index contributed by atoms with van der Waals surface area (Å²) >= 11 is 0. The number of fused-ring (bicyclic) bond motifs is 5. The van der Waals surface area contributed by atoms with Crippen molar-refractivity contribution in [2.24, 2.45) is 35.0 Å². The van der Waals surface area contributed by atoms with Crippen LogP contribution in [-0.4, -0.2) is 11.1 Å². The molecule has 0 aliphatic heterocycles. The van der Waals surface area contributed by atoms with Gasteiger partial charge in [0.25, 0.3) is 0 Å². The van der Waals surface area contributed by atoms with E-state index in [4.69, 9.17) is 0 Å². The predicted molar refractivity (Wildman–Crippen MR) is 78.2 cm³/mol. The van der Waals surface area contributed by atoms with Crippen LogP contribution in [0.2, 0.25) is 0 Å². The van der Waals surface area contributed by atoms with E-state index >= 15 is 0 Å². The van der Waals surface area contributed by atoms with Gasteiger partial charge in [-0.15, -0.1) is 0 Å². The number of allylic oxidation sites excluding steroid dienone is 2. The Morgan fingerprint density at radius 2 is 1.85 bits per heavy atom. The van der Waals surface area contributed by atoms with Gasteiger partial charge in [0.05, 0.1) is 5.41 Å². The summed E-state index contributed by atoms with van der Waals surface area (Å²) in [5.41, 5.74) is -0.425. The van der Waals surface area contributed by atoms with Crippen molar-refractivity contribution >= 4 is 5.97 Å². The second-order valence-corrected chi connectivity index (χ2v) is 7.72. The average molecular weight is 274 g/mol. The van der Waals surface area contributed by atoms with Gasteiger partial charge in [-0.1, -0.05) is 31.4 Å². The van der Waals surface area contributed by atoms with Crippen LogP contribution in [0.25, 0.3) is 0 Å². The molecule has 0 heterocycles. The van der Waals surface area contributed by atoms with Crippen molar-refractivity contribution in [1.29, 1.82) is 0 Å². The first kappa shape index (κ1) is 12.9. The number of carbonyl (C=O) groups is 1. The normalized spacial score (nSPS) is 50.1. The van der Waals surface area contributed by atoms with Crippen molar-refractivity contribution < 1.29 is 9.90 Å². The molecule has 0 saturated heterocycles. The second-order valence-electron chi connectivity index (χ2n) is 7.72. The molecule has 0 aromatic carbocycles. The molecular formula is C18H26O2. The first-order valence-corrected chi connectivity index (χ1v) is 8.63. The summed E-state index contributed by atoms with van der Waals surface area (Å²) in [5, 5.41) is 9.99. The van der Waals surface area contributed by atoms with Crippen LogP contribution < -0.4 is 0 Å². The van der Waals surface area contributed by atoms with Crippen LogP contribution in [0.15, 0.2) is 12.2 Å². The van der Waals surface area contributed by atoms with Crippen molar-refractivity contribution in [2.75, 3.05) is 0 Å². The molecule has 0 aromatic heterocycles. The molecule has 0 aromatic rings.